The normalized spacial score (nSPS) is 9.75. The highest BCUT2D eigenvalue weighted by Crippen LogP contribution is 2.10. The zero-order valence-corrected chi connectivity index (χ0v) is 7.21. The van der Waals surface area contributed by atoms with Crippen LogP contribution in [0.3, 0.4) is 0 Å². The molecule has 2 nitrogen and oxygen atoms in total. The highest BCUT2D eigenvalue weighted by molar-refractivity contribution is 6.19. The maximum atomic E-state index is 10.9. The Morgan fingerprint density at radius 1 is 1.50 bits per heavy atom. The summed E-state index contributed by atoms with van der Waals surface area (Å²) in [6.45, 7) is 0. The number of hydrogen-bond donors (Lipinski definition) is 1. The van der Waals surface area contributed by atoms with Crippen molar-refractivity contribution in [3.8, 4) is 0 Å². The van der Waals surface area contributed by atoms with E-state index in [1.165, 1.54) is 0 Å². The van der Waals surface area contributed by atoms with Gasteiger partial charge in [0.25, 0.3) is 0 Å². The van der Waals surface area contributed by atoms with Gasteiger partial charge in [0.2, 0.25) is 5.91 Å². The molecule has 0 fully saturated rings. The average Bonchev–Trinajstić information content (AvgIpc) is 2.05. The Balaban J connectivity index is 3.00. The maximum absolute atomic E-state index is 10.9. The van der Waals surface area contributed by atoms with E-state index in [0.29, 0.717) is 11.4 Å². The second-order valence-electron chi connectivity index (χ2n) is 2.31. The van der Waals surface area contributed by atoms with Gasteiger partial charge in [0.05, 0.1) is 0 Å². The van der Waals surface area contributed by atoms with E-state index in [-0.39, 0.29) is 0 Å². The Labute approximate surface area is 76.3 Å². The second-order valence-corrected chi connectivity index (χ2v) is 2.62. The lowest BCUT2D eigenvalue weighted by molar-refractivity contribution is 0.1000. The van der Waals surface area contributed by atoms with Gasteiger partial charge in [0, 0.05) is 17.9 Å². The molecule has 0 saturated carbocycles. The second kappa shape index (κ2) is 4.12. The molecule has 0 aliphatic rings. The minimum Gasteiger partial charge on any atom is -0.366 e. The third-order valence-corrected chi connectivity index (χ3v) is 1.68. The third kappa shape index (κ3) is 1.98. The first-order chi connectivity index (χ1) is 5.75. The molecule has 0 saturated heterocycles. The van der Waals surface area contributed by atoms with Crippen LogP contribution in [0.25, 0.3) is 0 Å². The molecule has 0 spiro atoms. The largest absolute Gasteiger partial charge is 0.366 e. The van der Waals surface area contributed by atoms with Gasteiger partial charge >= 0.3 is 0 Å². The molecule has 1 amide bonds. The number of carbonyl (C=O) groups is 1. The summed E-state index contributed by atoms with van der Waals surface area (Å²) in [5.41, 5.74) is 6.45. The fraction of sp³-hybridized carbons (Fsp3) is 0.111. The molecule has 0 aliphatic heterocycles. The molecule has 63 valence electrons. The van der Waals surface area contributed by atoms with Gasteiger partial charge in [-0.3, -0.25) is 4.79 Å². The molecule has 2 N–H and O–H groups in total. The first kappa shape index (κ1) is 9.07. The average molecular weight is 183 g/mol. The Hall–Kier alpha value is -1.02. The number of carbonyl (C=O) groups excluding carboxylic acids is 1. The van der Waals surface area contributed by atoms with Crippen molar-refractivity contribution in [2.24, 2.45) is 5.73 Å². The molecule has 1 rings (SSSR count). The van der Waals surface area contributed by atoms with Crippen molar-refractivity contribution in [1.82, 2.24) is 0 Å². The van der Waals surface area contributed by atoms with Crippen LogP contribution in [-0.2, 0) is 0 Å². The summed E-state index contributed by atoms with van der Waals surface area (Å²) in [6.07, 6.45) is 1.75. The van der Waals surface area contributed by atoms with E-state index in [9.17, 15) is 4.79 Å². The van der Waals surface area contributed by atoms with Crippen molar-refractivity contribution in [2.45, 2.75) is 0 Å². The topological polar surface area (TPSA) is 43.1 Å². The van der Waals surface area contributed by atoms with Crippen molar-refractivity contribution in [2.75, 3.05) is 5.88 Å². The first-order valence-electron chi connectivity index (χ1n) is 3.53. The van der Waals surface area contributed by atoms with E-state index in [4.69, 9.17) is 17.3 Å². The number of rotatable bonds is 3. The van der Waals surface area contributed by atoms with Crippen LogP contribution in [0, 0.1) is 6.42 Å². The van der Waals surface area contributed by atoms with Gasteiger partial charge < -0.3 is 5.73 Å². The van der Waals surface area contributed by atoms with Crippen LogP contribution >= 0.6 is 11.6 Å². The number of primary amides is 1. The molecule has 1 radical (unpaired) electrons. The number of benzene rings is 1. The maximum Gasteiger partial charge on any atom is 0.248 e. The number of halogens is 1. The number of alkyl halides is 1. The third-order valence-electron chi connectivity index (χ3n) is 1.52. The van der Waals surface area contributed by atoms with Crippen LogP contribution in [0.15, 0.2) is 24.3 Å². The monoisotopic (exact) mass is 182 g/mol. The van der Waals surface area contributed by atoms with Crippen molar-refractivity contribution in [1.29, 1.82) is 0 Å². The molecule has 0 aromatic heterocycles. The summed E-state index contributed by atoms with van der Waals surface area (Å²) in [5, 5.41) is 0. The van der Waals surface area contributed by atoms with Crippen molar-refractivity contribution in [3.05, 3.63) is 41.8 Å². The highest BCUT2D eigenvalue weighted by Gasteiger charge is 2.05. The SMILES string of the molecule is NC(=O)c1ccccc1[CH]CCl. The number of nitrogens with two attached hydrogens (primary N) is 1. The van der Waals surface area contributed by atoms with Crippen LogP contribution in [0.1, 0.15) is 15.9 Å². The number of amides is 1. The quantitative estimate of drug-likeness (QED) is 0.709. The summed E-state index contributed by atoms with van der Waals surface area (Å²) < 4.78 is 0. The lowest BCUT2D eigenvalue weighted by atomic mass is 10.1. The Morgan fingerprint density at radius 2 is 2.17 bits per heavy atom. The molecule has 1 aromatic rings. The van der Waals surface area contributed by atoms with E-state index in [0.717, 1.165) is 5.56 Å². The molecule has 0 unspecified atom stereocenters. The van der Waals surface area contributed by atoms with Crippen LogP contribution in [0.5, 0.6) is 0 Å². The Kier molecular flexibility index (Phi) is 3.11. The molecule has 0 aliphatic carbocycles. The van der Waals surface area contributed by atoms with Gasteiger partial charge in [0.1, 0.15) is 0 Å². The molecular weight excluding hydrogens is 174 g/mol. The van der Waals surface area contributed by atoms with E-state index >= 15 is 0 Å². The van der Waals surface area contributed by atoms with Gasteiger partial charge in [-0.25, -0.2) is 0 Å². The van der Waals surface area contributed by atoms with E-state index in [1.807, 2.05) is 12.1 Å². The minimum absolute atomic E-state index is 0.379. The standard InChI is InChI=1S/C9H9ClNO/c10-6-5-7-3-1-2-4-8(7)9(11)12/h1-5H,6H2,(H2,11,12). The van der Waals surface area contributed by atoms with E-state index < -0.39 is 5.91 Å². The van der Waals surface area contributed by atoms with Gasteiger partial charge in [-0.2, -0.15) is 0 Å². The minimum atomic E-state index is -0.424. The summed E-state index contributed by atoms with van der Waals surface area (Å²) in [6, 6.07) is 7.10. The Bertz CT molecular complexity index is 286. The van der Waals surface area contributed by atoms with Crippen LogP contribution < -0.4 is 5.73 Å². The highest BCUT2D eigenvalue weighted by atomic mass is 35.5. The molecule has 0 bridgehead atoms. The van der Waals surface area contributed by atoms with Crippen molar-refractivity contribution >= 4 is 17.5 Å². The predicted molar refractivity (Wildman–Crippen MR) is 49.1 cm³/mol. The summed E-state index contributed by atoms with van der Waals surface area (Å²) in [5.74, 6) is -0.0448. The number of hydrogen-bond acceptors (Lipinski definition) is 1. The zero-order chi connectivity index (χ0) is 8.97. The lowest BCUT2D eigenvalue weighted by Crippen LogP contribution is -2.13. The lowest BCUT2D eigenvalue weighted by Gasteiger charge is -2.02. The van der Waals surface area contributed by atoms with Crippen LogP contribution in [-0.4, -0.2) is 11.8 Å². The molecule has 1 aromatic carbocycles. The Morgan fingerprint density at radius 3 is 2.75 bits per heavy atom. The van der Waals surface area contributed by atoms with Crippen molar-refractivity contribution < 1.29 is 4.79 Å². The molecule has 0 heterocycles. The molecule has 3 heteroatoms. The van der Waals surface area contributed by atoms with Gasteiger partial charge in [-0.15, -0.1) is 11.6 Å². The smallest absolute Gasteiger partial charge is 0.248 e. The van der Waals surface area contributed by atoms with E-state index in [2.05, 4.69) is 0 Å². The van der Waals surface area contributed by atoms with Gasteiger partial charge in [-0.05, 0) is 11.6 Å². The van der Waals surface area contributed by atoms with Gasteiger partial charge in [-0.1, -0.05) is 18.2 Å². The molecule has 0 atom stereocenters. The summed E-state index contributed by atoms with van der Waals surface area (Å²) in [7, 11) is 0. The van der Waals surface area contributed by atoms with Crippen LogP contribution in [0.2, 0.25) is 0 Å². The summed E-state index contributed by atoms with van der Waals surface area (Å²) >= 11 is 5.51. The fourth-order valence-corrected chi connectivity index (χ4v) is 1.15. The van der Waals surface area contributed by atoms with Crippen LogP contribution in [0.4, 0.5) is 0 Å². The molecular formula is C9H9ClNO. The predicted octanol–water partition coefficient (Wildman–Crippen LogP) is 1.58. The van der Waals surface area contributed by atoms with Crippen molar-refractivity contribution in [3.63, 3.8) is 0 Å². The van der Waals surface area contributed by atoms with E-state index in [1.54, 1.807) is 18.6 Å². The zero-order valence-electron chi connectivity index (χ0n) is 6.46. The molecule has 12 heavy (non-hydrogen) atoms. The first-order valence-corrected chi connectivity index (χ1v) is 4.07. The fourth-order valence-electron chi connectivity index (χ4n) is 0.983. The van der Waals surface area contributed by atoms with Gasteiger partial charge in [0.15, 0.2) is 0 Å². The summed E-state index contributed by atoms with van der Waals surface area (Å²) in [4.78, 5) is 10.9.